The minimum Gasteiger partial charge on any atom is -0.444 e. The molecule has 166 valence electrons. The first kappa shape index (κ1) is 21.4. The normalized spacial score (nSPS) is 20.9. The number of fused-ring (bicyclic) bond motifs is 1. The number of rotatable bonds is 4. The average Bonchev–Trinajstić information content (AvgIpc) is 3.38. The van der Waals surface area contributed by atoms with Gasteiger partial charge in [-0.15, -0.1) is 0 Å². The van der Waals surface area contributed by atoms with Crippen LogP contribution in [0.2, 0.25) is 0 Å². The SMILES string of the molecule is CC(C)(C)OC(=O)N1CCc2ccccc2[C@@H]1C(=O)Nc1cnn(C[C@@H]2CCCO2)c1. The molecule has 8 nitrogen and oxygen atoms in total. The molecule has 2 atom stereocenters. The van der Waals surface area contributed by atoms with Crippen LogP contribution in [0.15, 0.2) is 36.7 Å². The number of anilines is 1. The number of benzene rings is 1. The molecule has 0 spiro atoms. The van der Waals surface area contributed by atoms with E-state index in [2.05, 4.69) is 10.4 Å². The largest absolute Gasteiger partial charge is 0.444 e. The number of amides is 2. The summed E-state index contributed by atoms with van der Waals surface area (Å²) in [4.78, 5) is 27.7. The fourth-order valence-corrected chi connectivity index (χ4v) is 4.10. The summed E-state index contributed by atoms with van der Waals surface area (Å²) >= 11 is 0. The lowest BCUT2D eigenvalue weighted by atomic mass is 9.92. The first-order valence-corrected chi connectivity index (χ1v) is 10.8. The van der Waals surface area contributed by atoms with Gasteiger partial charge < -0.3 is 14.8 Å². The van der Waals surface area contributed by atoms with Crippen LogP contribution in [0, 0.1) is 0 Å². The molecule has 2 amide bonds. The number of ether oxygens (including phenoxy) is 2. The van der Waals surface area contributed by atoms with Gasteiger partial charge in [-0.3, -0.25) is 14.4 Å². The van der Waals surface area contributed by atoms with E-state index in [1.54, 1.807) is 17.1 Å². The Morgan fingerprint density at radius 1 is 1.29 bits per heavy atom. The number of aromatic nitrogens is 2. The third-order valence-electron chi connectivity index (χ3n) is 5.48. The molecule has 0 aliphatic carbocycles. The first-order valence-electron chi connectivity index (χ1n) is 10.8. The molecule has 0 radical (unpaired) electrons. The van der Waals surface area contributed by atoms with Gasteiger partial charge in [-0.05, 0) is 51.2 Å². The number of nitrogens with zero attached hydrogens (tertiary/aromatic N) is 3. The third-order valence-corrected chi connectivity index (χ3v) is 5.48. The van der Waals surface area contributed by atoms with Crippen LogP contribution in [0.25, 0.3) is 0 Å². The van der Waals surface area contributed by atoms with Crippen molar-refractivity contribution in [2.24, 2.45) is 0 Å². The number of hydrogen-bond acceptors (Lipinski definition) is 5. The summed E-state index contributed by atoms with van der Waals surface area (Å²) in [6.45, 7) is 7.33. The molecule has 0 unspecified atom stereocenters. The average molecular weight is 427 g/mol. The molecule has 1 N–H and O–H groups in total. The van der Waals surface area contributed by atoms with Crippen molar-refractivity contribution in [2.45, 2.75) is 64.3 Å². The minimum absolute atomic E-state index is 0.163. The van der Waals surface area contributed by atoms with E-state index in [1.165, 1.54) is 4.90 Å². The quantitative estimate of drug-likeness (QED) is 0.808. The molecule has 1 fully saturated rings. The van der Waals surface area contributed by atoms with Gasteiger partial charge >= 0.3 is 6.09 Å². The lowest BCUT2D eigenvalue weighted by molar-refractivity contribution is -0.121. The Bertz CT molecular complexity index is 943. The van der Waals surface area contributed by atoms with Crippen LogP contribution in [0.4, 0.5) is 10.5 Å². The molecule has 3 heterocycles. The maximum Gasteiger partial charge on any atom is 0.411 e. The summed E-state index contributed by atoms with van der Waals surface area (Å²) < 4.78 is 13.0. The number of hydrogen-bond donors (Lipinski definition) is 1. The van der Waals surface area contributed by atoms with Crippen molar-refractivity contribution in [3.63, 3.8) is 0 Å². The highest BCUT2D eigenvalue weighted by molar-refractivity contribution is 5.97. The molecule has 4 rings (SSSR count). The van der Waals surface area contributed by atoms with Crippen LogP contribution >= 0.6 is 0 Å². The number of carbonyl (C=O) groups is 2. The third kappa shape index (κ3) is 5.07. The molecule has 0 bridgehead atoms. The molecule has 0 saturated carbocycles. The highest BCUT2D eigenvalue weighted by Gasteiger charge is 2.38. The zero-order chi connectivity index (χ0) is 22.0. The van der Waals surface area contributed by atoms with Gasteiger partial charge in [-0.25, -0.2) is 4.79 Å². The molecule has 2 aromatic rings. The second kappa shape index (κ2) is 8.70. The molecule has 1 aromatic heterocycles. The van der Waals surface area contributed by atoms with E-state index in [1.807, 2.05) is 45.0 Å². The Kier molecular flexibility index (Phi) is 6.00. The van der Waals surface area contributed by atoms with Crippen molar-refractivity contribution in [1.29, 1.82) is 0 Å². The number of carbonyl (C=O) groups excluding carboxylic acids is 2. The van der Waals surface area contributed by atoms with Gasteiger partial charge in [0.2, 0.25) is 0 Å². The van der Waals surface area contributed by atoms with Crippen LogP contribution in [0.3, 0.4) is 0 Å². The van der Waals surface area contributed by atoms with Gasteiger partial charge in [0, 0.05) is 19.3 Å². The van der Waals surface area contributed by atoms with E-state index in [0.717, 1.165) is 30.6 Å². The summed E-state index contributed by atoms with van der Waals surface area (Å²) in [7, 11) is 0. The minimum atomic E-state index is -0.763. The van der Waals surface area contributed by atoms with E-state index in [9.17, 15) is 9.59 Å². The lowest BCUT2D eigenvalue weighted by Crippen LogP contribution is -2.47. The van der Waals surface area contributed by atoms with Gasteiger partial charge in [0.05, 0.1) is 24.5 Å². The zero-order valence-electron chi connectivity index (χ0n) is 18.3. The van der Waals surface area contributed by atoms with Crippen molar-refractivity contribution < 1.29 is 19.1 Å². The van der Waals surface area contributed by atoms with Crippen LogP contribution < -0.4 is 5.32 Å². The summed E-state index contributed by atoms with van der Waals surface area (Å²) in [5, 5.41) is 7.27. The van der Waals surface area contributed by atoms with E-state index in [-0.39, 0.29) is 12.0 Å². The summed E-state index contributed by atoms with van der Waals surface area (Å²) in [6, 6.07) is 6.98. The second-order valence-electron chi connectivity index (χ2n) is 9.10. The van der Waals surface area contributed by atoms with Gasteiger partial charge in [-0.1, -0.05) is 24.3 Å². The smallest absolute Gasteiger partial charge is 0.411 e. The van der Waals surface area contributed by atoms with Crippen molar-refractivity contribution in [3.05, 3.63) is 47.8 Å². The Balaban J connectivity index is 1.53. The number of nitrogens with one attached hydrogen (secondary N) is 1. The Morgan fingerprint density at radius 2 is 2.10 bits per heavy atom. The maximum absolute atomic E-state index is 13.3. The Morgan fingerprint density at radius 3 is 2.84 bits per heavy atom. The molecule has 1 saturated heterocycles. The van der Waals surface area contributed by atoms with Crippen molar-refractivity contribution in [1.82, 2.24) is 14.7 Å². The van der Waals surface area contributed by atoms with E-state index in [4.69, 9.17) is 9.47 Å². The maximum atomic E-state index is 13.3. The fraction of sp³-hybridized carbons (Fsp3) is 0.522. The molecule has 2 aliphatic heterocycles. The van der Waals surface area contributed by atoms with Crippen LogP contribution in [-0.2, 0) is 27.2 Å². The summed E-state index contributed by atoms with van der Waals surface area (Å²) in [5.74, 6) is -0.283. The van der Waals surface area contributed by atoms with Crippen LogP contribution in [0.1, 0.15) is 50.8 Å². The monoisotopic (exact) mass is 426 g/mol. The Labute approximate surface area is 182 Å². The Hall–Kier alpha value is -2.87. The topological polar surface area (TPSA) is 85.7 Å². The van der Waals surface area contributed by atoms with Crippen LogP contribution in [0.5, 0.6) is 0 Å². The van der Waals surface area contributed by atoms with E-state index >= 15 is 0 Å². The van der Waals surface area contributed by atoms with Gasteiger partial charge in [0.1, 0.15) is 11.6 Å². The molecular formula is C23H30N4O4. The predicted molar refractivity (Wildman–Crippen MR) is 116 cm³/mol. The van der Waals surface area contributed by atoms with Crippen molar-refractivity contribution in [2.75, 3.05) is 18.5 Å². The standard InChI is InChI=1S/C23H30N4O4/c1-23(2,3)31-22(29)27-11-10-16-7-4-5-9-19(16)20(27)21(28)25-17-13-24-26(14-17)15-18-8-6-12-30-18/h4-5,7,9,13-14,18,20H,6,8,10-12,15H2,1-3H3,(H,25,28)/t18-,20+/m0/s1. The molecule has 8 heteroatoms. The molecule has 2 aliphatic rings. The van der Waals surface area contributed by atoms with Gasteiger partial charge in [0.25, 0.3) is 5.91 Å². The van der Waals surface area contributed by atoms with Gasteiger partial charge in [0.15, 0.2) is 0 Å². The summed E-state index contributed by atoms with van der Waals surface area (Å²) in [6.07, 6.45) is 5.86. The molecular weight excluding hydrogens is 396 g/mol. The highest BCUT2D eigenvalue weighted by atomic mass is 16.6. The van der Waals surface area contributed by atoms with Crippen molar-refractivity contribution >= 4 is 17.7 Å². The van der Waals surface area contributed by atoms with E-state index < -0.39 is 17.7 Å². The van der Waals surface area contributed by atoms with Gasteiger partial charge in [-0.2, -0.15) is 5.10 Å². The summed E-state index contributed by atoms with van der Waals surface area (Å²) in [5.41, 5.74) is 1.84. The molecule has 1 aromatic carbocycles. The lowest BCUT2D eigenvalue weighted by Gasteiger charge is -2.37. The highest BCUT2D eigenvalue weighted by Crippen LogP contribution is 2.32. The molecule has 31 heavy (non-hydrogen) atoms. The zero-order valence-corrected chi connectivity index (χ0v) is 18.3. The van der Waals surface area contributed by atoms with Crippen LogP contribution in [-0.4, -0.2) is 51.5 Å². The first-order chi connectivity index (χ1) is 14.8. The fourth-order valence-electron chi connectivity index (χ4n) is 4.10. The second-order valence-corrected chi connectivity index (χ2v) is 9.10. The predicted octanol–water partition coefficient (Wildman–Crippen LogP) is 3.54. The van der Waals surface area contributed by atoms with Crippen molar-refractivity contribution in [3.8, 4) is 0 Å². The van der Waals surface area contributed by atoms with E-state index in [0.29, 0.717) is 25.2 Å².